The van der Waals surface area contributed by atoms with E-state index in [0.29, 0.717) is 13.1 Å². The fourth-order valence-corrected chi connectivity index (χ4v) is 4.09. The molecule has 3 N–H and O–H groups in total. The molecule has 5 nitrogen and oxygen atoms in total. The molecule has 0 spiro atoms. The number of hydrogen-bond donors (Lipinski definition) is 2. The van der Waals surface area contributed by atoms with Crippen LogP contribution in [0.15, 0.2) is 36.7 Å². The molecular weight excluding hydrogens is 286 g/mol. The third kappa shape index (κ3) is 2.82. The minimum Gasteiger partial charge on any atom is -0.361 e. The Balaban J connectivity index is 1.90. The van der Waals surface area contributed by atoms with Crippen molar-refractivity contribution >= 4 is 20.9 Å². The van der Waals surface area contributed by atoms with E-state index in [9.17, 15) is 8.42 Å². The lowest BCUT2D eigenvalue weighted by molar-refractivity contribution is 0.516. The van der Waals surface area contributed by atoms with Crippen LogP contribution in [0, 0.1) is 0 Å². The van der Waals surface area contributed by atoms with Crippen molar-refractivity contribution in [2.24, 2.45) is 5.73 Å². The van der Waals surface area contributed by atoms with Crippen molar-refractivity contribution in [1.82, 2.24) is 9.29 Å². The van der Waals surface area contributed by atoms with Crippen molar-refractivity contribution in [2.75, 3.05) is 13.1 Å². The second kappa shape index (κ2) is 5.54. The first kappa shape index (κ1) is 14.2. The summed E-state index contributed by atoms with van der Waals surface area (Å²) in [5.41, 5.74) is 8.56. The number of aromatic amines is 1. The first-order chi connectivity index (χ1) is 10.1. The lowest BCUT2D eigenvalue weighted by Crippen LogP contribution is -2.25. The molecule has 0 amide bonds. The topological polar surface area (TPSA) is 79.2 Å². The van der Waals surface area contributed by atoms with Crippen LogP contribution in [0.2, 0.25) is 0 Å². The molecule has 2 aromatic rings. The summed E-state index contributed by atoms with van der Waals surface area (Å²) in [5.74, 6) is 0.0283. The van der Waals surface area contributed by atoms with E-state index in [1.165, 1.54) is 4.31 Å². The van der Waals surface area contributed by atoms with Gasteiger partial charge in [0.05, 0.1) is 5.75 Å². The van der Waals surface area contributed by atoms with Crippen molar-refractivity contribution in [1.29, 1.82) is 0 Å². The minimum absolute atomic E-state index is 0.0283. The lowest BCUT2D eigenvalue weighted by atomic mass is 10.1. The number of hydrogen-bond acceptors (Lipinski definition) is 3. The zero-order chi connectivity index (χ0) is 14.9. The monoisotopic (exact) mass is 305 g/mol. The predicted octanol–water partition coefficient (Wildman–Crippen LogP) is 1.72. The van der Waals surface area contributed by atoms with E-state index < -0.39 is 10.0 Å². The quantitative estimate of drug-likeness (QED) is 0.882. The van der Waals surface area contributed by atoms with Crippen LogP contribution >= 0.6 is 0 Å². The van der Waals surface area contributed by atoms with E-state index in [1.807, 2.05) is 30.5 Å². The van der Waals surface area contributed by atoms with Gasteiger partial charge in [0.1, 0.15) is 0 Å². The second-order valence-electron chi connectivity index (χ2n) is 5.27. The van der Waals surface area contributed by atoms with Crippen LogP contribution in [0.3, 0.4) is 0 Å². The predicted molar refractivity (Wildman–Crippen MR) is 84.1 cm³/mol. The second-order valence-corrected chi connectivity index (χ2v) is 7.19. The molecule has 0 saturated heterocycles. The van der Waals surface area contributed by atoms with Gasteiger partial charge in [-0.1, -0.05) is 12.1 Å². The van der Waals surface area contributed by atoms with Crippen LogP contribution in [-0.4, -0.2) is 30.8 Å². The van der Waals surface area contributed by atoms with E-state index in [2.05, 4.69) is 4.98 Å². The summed E-state index contributed by atoms with van der Waals surface area (Å²) < 4.78 is 26.1. The summed E-state index contributed by atoms with van der Waals surface area (Å²) >= 11 is 0. The fourth-order valence-electron chi connectivity index (χ4n) is 2.67. The molecule has 1 aliphatic heterocycles. The molecule has 2 heterocycles. The number of aromatic nitrogens is 1. The smallest absolute Gasteiger partial charge is 0.238 e. The van der Waals surface area contributed by atoms with Gasteiger partial charge in [-0.2, -0.15) is 0 Å². The maximum Gasteiger partial charge on any atom is 0.238 e. The molecule has 0 unspecified atom stereocenters. The molecule has 3 rings (SSSR count). The number of H-pyrrole nitrogens is 1. The van der Waals surface area contributed by atoms with Gasteiger partial charge in [0.2, 0.25) is 10.0 Å². The largest absolute Gasteiger partial charge is 0.361 e. The van der Waals surface area contributed by atoms with E-state index in [0.717, 1.165) is 34.9 Å². The molecule has 1 aromatic heterocycles. The molecule has 0 aliphatic carbocycles. The van der Waals surface area contributed by atoms with Crippen LogP contribution in [0.25, 0.3) is 10.9 Å². The van der Waals surface area contributed by atoms with Crippen LogP contribution in [-0.2, 0) is 22.2 Å². The van der Waals surface area contributed by atoms with Gasteiger partial charge in [-0.3, -0.25) is 4.31 Å². The first-order valence-corrected chi connectivity index (χ1v) is 8.66. The standard InChI is InChI=1S/C15H19N3O2S/c16-6-5-13-10-17-15-4-3-12(9-14(13)15)11-21(19,20)18-7-1-2-8-18/h1,3-4,7,9-10,17H,2,5-6,8,11,16H2. The Morgan fingerprint density at radius 1 is 1.33 bits per heavy atom. The molecule has 1 aromatic carbocycles. The third-order valence-electron chi connectivity index (χ3n) is 3.74. The third-order valence-corrected chi connectivity index (χ3v) is 5.46. The van der Waals surface area contributed by atoms with E-state index in [4.69, 9.17) is 5.73 Å². The molecule has 0 bridgehead atoms. The summed E-state index contributed by atoms with van der Waals surface area (Å²) in [6.07, 6.45) is 7.05. The number of nitrogens with one attached hydrogen (secondary N) is 1. The highest BCUT2D eigenvalue weighted by Gasteiger charge is 2.21. The Bertz CT molecular complexity index is 777. The highest BCUT2D eigenvalue weighted by atomic mass is 32.2. The van der Waals surface area contributed by atoms with Gasteiger partial charge >= 0.3 is 0 Å². The van der Waals surface area contributed by atoms with Crippen LogP contribution in [0.1, 0.15) is 17.5 Å². The Labute approximate surface area is 124 Å². The van der Waals surface area contributed by atoms with Gasteiger partial charge in [-0.25, -0.2) is 8.42 Å². The molecule has 21 heavy (non-hydrogen) atoms. The average molecular weight is 305 g/mol. The Morgan fingerprint density at radius 2 is 2.19 bits per heavy atom. The van der Waals surface area contributed by atoms with Gasteiger partial charge in [0.25, 0.3) is 0 Å². The van der Waals surface area contributed by atoms with Crippen molar-refractivity contribution < 1.29 is 8.42 Å². The maximum atomic E-state index is 12.3. The Hall–Kier alpha value is -1.79. The summed E-state index contributed by atoms with van der Waals surface area (Å²) in [7, 11) is -3.28. The van der Waals surface area contributed by atoms with Gasteiger partial charge in [-0.15, -0.1) is 0 Å². The maximum absolute atomic E-state index is 12.3. The summed E-state index contributed by atoms with van der Waals surface area (Å²) in [6, 6.07) is 5.75. The van der Waals surface area contributed by atoms with Crippen LogP contribution < -0.4 is 5.73 Å². The van der Waals surface area contributed by atoms with Gasteiger partial charge in [0.15, 0.2) is 0 Å². The van der Waals surface area contributed by atoms with Gasteiger partial charge < -0.3 is 10.7 Å². The SMILES string of the molecule is NCCc1c[nH]c2ccc(CS(=O)(=O)N3C=CCC3)cc12. The zero-order valence-corrected chi connectivity index (χ0v) is 12.6. The number of rotatable bonds is 5. The summed E-state index contributed by atoms with van der Waals surface area (Å²) in [6.45, 7) is 1.13. The van der Waals surface area contributed by atoms with E-state index in [1.54, 1.807) is 6.20 Å². The molecule has 0 saturated carbocycles. The number of sulfonamides is 1. The first-order valence-electron chi connectivity index (χ1n) is 7.05. The minimum atomic E-state index is -3.28. The molecule has 0 fully saturated rings. The Kier molecular flexibility index (Phi) is 3.73. The fraction of sp³-hybridized carbons (Fsp3) is 0.333. The number of nitrogens with two attached hydrogens (primary N) is 1. The van der Waals surface area contributed by atoms with E-state index >= 15 is 0 Å². The molecule has 112 valence electrons. The lowest BCUT2D eigenvalue weighted by Gasteiger charge is -2.16. The van der Waals surface area contributed by atoms with Crippen molar-refractivity contribution in [3.63, 3.8) is 0 Å². The molecule has 1 aliphatic rings. The Morgan fingerprint density at radius 3 is 2.90 bits per heavy atom. The van der Waals surface area contributed by atoms with Crippen LogP contribution in [0.5, 0.6) is 0 Å². The van der Waals surface area contributed by atoms with Gasteiger partial charge in [-0.05, 0) is 42.6 Å². The highest BCUT2D eigenvalue weighted by molar-refractivity contribution is 7.88. The van der Waals surface area contributed by atoms with Crippen molar-refractivity contribution in [3.05, 3.63) is 47.8 Å². The zero-order valence-electron chi connectivity index (χ0n) is 11.7. The highest BCUT2D eigenvalue weighted by Crippen LogP contribution is 2.23. The summed E-state index contributed by atoms with van der Waals surface area (Å²) in [5, 5.41) is 1.06. The normalized spacial score (nSPS) is 15.2. The van der Waals surface area contributed by atoms with Crippen molar-refractivity contribution in [2.45, 2.75) is 18.6 Å². The van der Waals surface area contributed by atoms with Gasteiger partial charge in [0, 0.05) is 29.8 Å². The van der Waals surface area contributed by atoms with Crippen LogP contribution in [0.4, 0.5) is 0 Å². The molecule has 0 atom stereocenters. The number of benzene rings is 1. The molecule has 0 radical (unpaired) electrons. The number of nitrogens with zero attached hydrogens (tertiary/aromatic N) is 1. The summed E-state index contributed by atoms with van der Waals surface area (Å²) in [4.78, 5) is 3.19. The van der Waals surface area contributed by atoms with E-state index in [-0.39, 0.29) is 5.75 Å². The molecule has 6 heteroatoms. The van der Waals surface area contributed by atoms with Crippen molar-refractivity contribution in [3.8, 4) is 0 Å². The number of fused-ring (bicyclic) bond motifs is 1. The average Bonchev–Trinajstić information content (AvgIpc) is 3.09. The molecular formula is C15H19N3O2S.